The predicted molar refractivity (Wildman–Crippen MR) is 138 cm³/mol. The summed E-state index contributed by atoms with van der Waals surface area (Å²) >= 11 is 13.5. The number of rotatable bonds is 13. The lowest BCUT2D eigenvalue weighted by Crippen LogP contribution is -2.48. The number of nitrogens with two attached hydrogens (primary N) is 1. The van der Waals surface area contributed by atoms with Gasteiger partial charge < -0.3 is 20.6 Å². The molecule has 0 bridgehead atoms. The molecule has 3 N–H and O–H groups in total. The van der Waals surface area contributed by atoms with Crippen molar-refractivity contribution in [1.82, 2.24) is 0 Å². The molecule has 0 saturated heterocycles. The number of carbonyl (C=O) groups is 2. The molecule has 2 rings (SSSR count). The summed E-state index contributed by atoms with van der Waals surface area (Å²) in [4.78, 5) is 39.5. The Morgan fingerprint density at radius 1 is 1.11 bits per heavy atom. The predicted octanol–water partition coefficient (Wildman–Crippen LogP) is 5.18. The lowest BCUT2D eigenvalue weighted by atomic mass is 10.0. The number of benzene rings is 2. The number of halogens is 2. The third kappa shape index (κ3) is 9.21. The Kier molecular flexibility index (Phi) is 11.1. The van der Waals surface area contributed by atoms with Gasteiger partial charge in [-0.15, -0.1) is 10.1 Å². The number of esters is 1. The van der Waals surface area contributed by atoms with Crippen LogP contribution in [-0.2, 0) is 25.6 Å². The van der Waals surface area contributed by atoms with Gasteiger partial charge >= 0.3 is 5.97 Å². The van der Waals surface area contributed by atoms with Crippen molar-refractivity contribution in [2.24, 2.45) is 5.73 Å². The molecule has 2 aromatic carbocycles. The summed E-state index contributed by atoms with van der Waals surface area (Å²) in [5, 5.41) is 13.1. The first-order valence-electron chi connectivity index (χ1n) is 10.7. The molecule has 2 aromatic rings. The van der Waals surface area contributed by atoms with E-state index in [1.165, 1.54) is 0 Å². The lowest BCUT2D eigenvalue weighted by Gasteiger charge is -2.28. The highest BCUT2D eigenvalue weighted by Crippen LogP contribution is 2.35. The van der Waals surface area contributed by atoms with Crippen LogP contribution in [0.1, 0.15) is 32.3 Å². The van der Waals surface area contributed by atoms with Crippen molar-refractivity contribution < 1.29 is 24.3 Å². The van der Waals surface area contributed by atoms with Gasteiger partial charge in [-0.3, -0.25) is 9.59 Å². The van der Waals surface area contributed by atoms with Gasteiger partial charge in [-0.05, 0) is 50.5 Å². The van der Waals surface area contributed by atoms with Crippen molar-refractivity contribution >= 4 is 57.4 Å². The normalized spacial score (nSPS) is 12.0. The molecule has 0 aromatic heterocycles. The maximum atomic E-state index is 12.9. The number of unbranched alkanes of at least 4 members (excludes halogenated alkanes) is 1. The van der Waals surface area contributed by atoms with Gasteiger partial charge in [0, 0.05) is 16.9 Å². The van der Waals surface area contributed by atoms with Crippen LogP contribution in [0.3, 0.4) is 0 Å². The first kappa shape index (κ1) is 28.7. The van der Waals surface area contributed by atoms with Crippen LogP contribution in [0.15, 0.2) is 42.5 Å². The zero-order chi connectivity index (χ0) is 26.0. The van der Waals surface area contributed by atoms with Crippen LogP contribution in [0.4, 0.5) is 11.4 Å². The number of anilines is 2. The fraction of sp³-hybridized carbons (Fsp3) is 0.391. The second kappa shape index (κ2) is 13.5. The summed E-state index contributed by atoms with van der Waals surface area (Å²) in [6.45, 7) is 3.36. The smallest absolute Gasteiger partial charge is 0.324 e. The molecule has 12 heteroatoms. The minimum absolute atomic E-state index is 0.0476. The van der Waals surface area contributed by atoms with E-state index in [1.54, 1.807) is 32.0 Å². The number of nitrogens with one attached hydrogen (secondary N) is 1. The number of nitrogens with zero attached hydrogens (tertiary/aromatic N) is 1. The van der Waals surface area contributed by atoms with Gasteiger partial charge in [-0.1, -0.05) is 59.2 Å². The standard InChI is InChI=1S/C23H27Cl2N3O6S/c1-23(2,21(26)22(30)33-12-5-6-13-34-28(31)32)35-19(29)14-15-8-3-4-11-18(15)27-20-16(24)9-7-10-17(20)25/h3-4,7-11,21,27H,5-6,12-14,26H2,1-2H3/t21-/m1/s1. The molecule has 0 fully saturated rings. The fourth-order valence-corrected chi connectivity index (χ4v) is 4.52. The summed E-state index contributed by atoms with van der Waals surface area (Å²) in [6.07, 6.45) is 0.822. The van der Waals surface area contributed by atoms with E-state index in [9.17, 15) is 19.7 Å². The third-order valence-corrected chi connectivity index (χ3v) is 6.72. The van der Waals surface area contributed by atoms with E-state index in [1.807, 2.05) is 24.3 Å². The number of hydrogen-bond donors (Lipinski definition) is 2. The number of hydrogen-bond acceptors (Lipinski definition) is 9. The Morgan fingerprint density at radius 3 is 2.40 bits per heavy atom. The fourth-order valence-electron chi connectivity index (χ4n) is 2.99. The van der Waals surface area contributed by atoms with Gasteiger partial charge in [0.1, 0.15) is 6.04 Å². The highest BCUT2D eigenvalue weighted by Gasteiger charge is 2.36. The maximum absolute atomic E-state index is 12.9. The summed E-state index contributed by atoms with van der Waals surface area (Å²) in [5.74, 6) is -0.652. The first-order chi connectivity index (χ1) is 16.5. The Balaban J connectivity index is 1.94. The first-order valence-corrected chi connectivity index (χ1v) is 12.3. The van der Waals surface area contributed by atoms with Gasteiger partial charge in [-0.25, -0.2) is 0 Å². The minimum atomic E-state index is -1.05. The largest absolute Gasteiger partial charge is 0.464 e. The molecule has 0 heterocycles. The van der Waals surface area contributed by atoms with E-state index >= 15 is 0 Å². The Hall–Kier alpha value is -2.53. The average molecular weight is 544 g/mol. The molecule has 0 radical (unpaired) electrons. The summed E-state index contributed by atoms with van der Waals surface area (Å²) in [7, 11) is 0. The molecule has 0 saturated carbocycles. The Bertz CT molecular complexity index is 1030. The molecule has 0 aliphatic carbocycles. The molecular weight excluding hydrogens is 517 g/mol. The Labute approximate surface area is 217 Å². The Morgan fingerprint density at radius 2 is 1.74 bits per heavy atom. The van der Waals surface area contributed by atoms with Crippen molar-refractivity contribution in [2.45, 2.75) is 43.9 Å². The summed E-state index contributed by atoms with van der Waals surface area (Å²) in [6, 6.07) is 11.4. The molecule has 0 amide bonds. The van der Waals surface area contributed by atoms with Crippen molar-refractivity contribution in [3.05, 3.63) is 68.2 Å². The number of para-hydroxylation sites is 2. The van der Waals surface area contributed by atoms with Crippen LogP contribution in [0.5, 0.6) is 0 Å². The van der Waals surface area contributed by atoms with E-state index < -0.39 is 21.8 Å². The molecule has 0 spiro atoms. The number of thioether (sulfide) groups is 1. The monoisotopic (exact) mass is 543 g/mol. The molecule has 0 aliphatic heterocycles. The van der Waals surface area contributed by atoms with Crippen molar-refractivity contribution in [1.29, 1.82) is 0 Å². The SMILES string of the molecule is CC(C)(SC(=O)Cc1ccccc1Nc1c(Cl)cccc1Cl)[C@H](N)C(=O)OCCCCO[N+](=O)[O-]. The van der Waals surface area contributed by atoms with Gasteiger partial charge in [0.2, 0.25) is 0 Å². The molecule has 0 unspecified atom stereocenters. The van der Waals surface area contributed by atoms with Gasteiger partial charge in [0.15, 0.2) is 5.12 Å². The van der Waals surface area contributed by atoms with E-state index in [0.29, 0.717) is 34.3 Å². The lowest BCUT2D eigenvalue weighted by molar-refractivity contribution is -0.757. The average Bonchev–Trinajstić information content (AvgIpc) is 2.78. The van der Waals surface area contributed by atoms with Crippen LogP contribution >= 0.6 is 35.0 Å². The molecular formula is C23H27Cl2N3O6S. The van der Waals surface area contributed by atoms with Crippen LogP contribution in [0.2, 0.25) is 10.0 Å². The maximum Gasteiger partial charge on any atom is 0.324 e. The van der Waals surface area contributed by atoms with E-state index in [4.69, 9.17) is 33.7 Å². The molecule has 9 nitrogen and oxygen atoms in total. The molecule has 1 atom stereocenters. The van der Waals surface area contributed by atoms with Crippen LogP contribution in [-0.4, -0.2) is 40.2 Å². The second-order valence-electron chi connectivity index (χ2n) is 8.04. The van der Waals surface area contributed by atoms with Crippen LogP contribution in [0, 0.1) is 10.1 Å². The minimum Gasteiger partial charge on any atom is -0.464 e. The van der Waals surface area contributed by atoms with Gasteiger partial charge in [0.05, 0.1) is 28.9 Å². The van der Waals surface area contributed by atoms with E-state index in [-0.39, 0.29) is 24.7 Å². The van der Waals surface area contributed by atoms with Gasteiger partial charge in [-0.2, -0.15) is 0 Å². The van der Waals surface area contributed by atoms with Crippen LogP contribution < -0.4 is 11.1 Å². The van der Waals surface area contributed by atoms with E-state index in [2.05, 4.69) is 10.2 Å². The molecule has 35 heavy (non-hydrogen) atoms. The van der Waals surface area contributed by atoms with Crippen molar-refractivity contribution in [2.75, 3.05) is 18.5 Å². The van der Waals surface area contributed by atoms with Crippen LogP contribution in [0.25, 0.3) is 0 Å². The van der Waals surface area contributed by atoms with Crippen molar-refractivity contribution in [3.63, 3.8) is 0 Å². The topological polar surface area (TPSA) is 134 Å². The highest BCUT2D eigenvalue weighted by atomic mass is 35.5. The third-order valence-electron chi connectivity index (χ3n) is 4.93. The molecule has 190 valence electrons. The summed E-state index contributed by atoms with van der Waals surface area (Å²) in [5.41, 5.74) is 8.03. The molecule has 0 aliphatic rings. The zero-order valence-electron chi connectivity index (χ0n) is 19.3. The highest BCUT2D eigenvalue weighted by molar-refractivity contribution is 8.14. The number of carbonyl (C=O) groups excluding carboxylic acids is 2. The van der Waals surface area contributed by atoms with E-state index in [0.717, 1.165) is 17.3 Å². The summed E-state index contributed by atoms with van der Waals surface area (Å²) < 4.78 is 4.22. The zero-order valence-corrected chi connectivity index (χ0v) is 21.6. The van der Waals surface area contributed by atoms with Gasteiger partial charge in [0.25, 0.3) is 5.09 Å². The van der Waals surface area contributed by atoms with Crippen molar-refractivity contribution in [3.8, 4) is 0 Å². The second-order valence-corrected chi connectivity index (χ2v) is 10.6. The quantitative estimate of drug-likeness (QED) is 0.151. The number of ether oxygens (including phenoxy) is 1.